The van der Waals surface area contributed by atoms with Gasteiger partial charge in [0.1, 0.15) is 11.4 Å². The highest BCUT2D eigenvalue weighted by atomic mass is 35.5. The molecule has 0 saturated heterocycles. The summed E-state index contributed by atoms with van der Waals surface area (Å²) in [6, 6.07) is 10.6. The summed E-state index contributed by atoms with van der Waals surface area (Å²) in [4.78, 5) is 8.45. The van der Waals surface area contributed by atoms with E-state index in [9.17, 15) is 0 Å². The molecule has 0 radical (unpaired) electrons. The molecule has 0 aliphatic heterocycles. The first-order chi connectivity index (χ1) is 11.2. The Morgan fingerprint density at radius 1 is 1.30 bits per heavy atom. The number of aromatic nitrogens is 3. The zero-order chi connectivity index (χ0) is 16.2. The molecular formula is C16H11ClN4O2. The Kier molecular flexibility index (Phi) is 4.22. The summed E-state index contributed by atoms with van der Waals surface area (Å²) in [5.74, 6) is 1.21. The van der Waals surface area contributed by atoms with Crippen molar-refractivity contribution in [2.24, 2.45) is 0 Å². The van der Waals surface area contributed by atoms with Crippen molar-refractivity contribution in [3.8, 4) is 34.8 Å². The first kappa shape index (κ1) is 15.0. The van der Waals surface area contributed by atoms with Gasteiger partial charge in [-0.1, -0.05) is 16.8 Å². The number of ether oxygens (including phenoxy) is 1. The van der Waals surface area contributed by atoms with Crippen LogP contribution in [0.2, 0.25) is 5.02 Å². The molecule has 0 saturated carbocycles. The van der Waals surface area contributed by atoms with Crippen LogP contribution in [0.4, 0.5) is 0 Å². The SMILES string of the molecule is CCOc1cc(C#N)cc(-c2nc(-c3ccc(Cl)cn3)no2)c1. The Hall–Kier alpha value is -2.91. The maximum absolute atomic E-state index is 9.12. The van der Waals surface area contributed by atoms with Gasteiger partial charge in [0, 0.05) is 11.8 Å². The van der Waals surface area contributed by atoms with Crippen LogP contribution in [0.3, 0.4) is 0 Å². The second-order valence-electron chi connectivity index (χ2n) is 4.58. The average Bonchev–Trinajstić information content (AvgIpc) is 3.05. The summed E-state index contributed by atoms with van der Waals surface area (Å²) in [6.45, 7) is 2.37. The van der Waals surface area contributed by atoms with Gasteiger partial charge in [0.15, 0.2) is 0 Å². The lowest BCUT2D eigenvalue weighted by Crippen LogP contribution is -1.93. The van der Waals surface area contributed by atoms with Crippen molar-refractivity contribution in [2.45, 2.75) is 6.92 Å². The van der Waals surface area contributed by atoms with Crippen LogP contribution in [0.25, 0.3) is 23.0 Å². The molecule has 0 fully saturated rings. The minimum absolute atomic E-state index is 0.287. The van der Waals surface area contributed by atoms with E-state index in [1.807, 2.05) is 6.92 Å². The monoisotopic (exact) mass is 326 g/mol. The van der Waals surface area contributed by atoms with Gasteiger partial charge in [0.05, 0.1) is 23.3 Å². The highest BCUT2D eigenvalue weighted by molar-refractivity contribution is 6.30. The summed E-state index contributed by atoms with van der Waals surface area (Å²) >= 11 is 5.81. The van der Waals surface area contributed by atoms with Gasteiger partial charge in [-0.15, -0.1) is 0 Å². The van der Waals surface area contributed by atoms with E-state index in [0.717, 1.165) is 0 Å². The van der Waals surface area contributed by atoms with Crippen molar-refractivity contribution in [1.29, 1.82) is 5.26 Å². The molecule has 114 valence electrons. The third kappa shape index (κ3) is 3.30. The fourth-order valence-electron chi connectivity index (χ4n) is 1.99. The molecule has 0 amide bonds. The molecule has 0 atom stereocenters. The lowest BCUT2D eigenvalue weighted by atomic mass is 10.1. The van der Waals surface area contributed by atoms with Crippen molar-refractivity contribution in [3.63, 3.8) is 0 Å². The molecule has 6 nitrogen and oxygen atoms in total. The first-order valence-corrected chi connectivity index (χ1v) is 7.21. The van der Waals surface area contributed by atoms with Crippen LogP contribution in [-0.2, 0) is 0 Å². The normalized spacial score (nSPS) is 10.3. The number of hydrogen-bond donors (Lipinski definition) is 0. The second kappa shape index (κ2) is 6.46. The van der Waals surface area contributed by atoms with Gasteiger partial charge < -0.3 is 9.26 Å². The minimum atomic E-state index is 0.287. The lowest BCUT2D eigenvalue weighted by Gasteiger charge is -2.04. The van der Waals surface area contributed by atoms with E-state index in [1.54, 1.807) is 30.3 Å². The number of nitriles is 1. The van der Waals surface area contributed by atoms with Gasteiger partial charge in [-0.2, -0.15) is 10.2 Å². The zero-order valence-electron chi connectivity index (χ0n) is 12.2. The van der Waals surface area contributed by atoms with Crippen molar-refractivity contribution >= 4 is 11.6 Å². The molecule has 1 aromatic carbocycles. The van der Waals surface area contributed by atoms with Crippen molar-refractivity contribution in [3.05, 3.63) is 47.1 Å². The third-order valence-electron chi connectivity index (χ3n) is 2.98. The fourth-order valence-corrected chi connectivity index (χ4v) is 2.10. The van der Waals surface area contributed by atoms with Crippen LogP contribution in [0, 0.1) is 11.3 Å². The van der Waals surface area contributed by atoms with Crippen LogP contribution in [0.5, 0.6) is 5.75 Å². The van der Waals surface area contributed by atoms with Gasteiger partial charge in [-0.3, -0.25) is 4.98 Å². The Labute approximate surface area is 137 Å². The topological polar surface area (TPSA) is 84.8 Å². The summed E-state index contributed by atoms with van der Waals surface area (Å²) < 4.78 is 10.7. The molecule has 0 bridgehead atoms. The van der Waals surface area contributed by atoms with Crippen molar-refractivity contribution in [1.82, 2.24) is 15.1 Å². The van der Waals surface area contributed by atoms with Crippen LogP contribution in [-0.4, -0.2) is 21.7 Å². The molecule has 0 unspecified atom stereocenters. The van der Waals surface area contributed by atoms with E-state index in [0.29, 0.717) is 40.0 Å². The summed E-state index contributed by atoms with van der Waals surface area (Å²) in [6.07, 6.45) is 1.51. The molecule has 23 heavy (non-hydrogen) atoms. The van der Waals surface area contributed by atoms with E-state index in [1.165, 1.54) is 6.20 Å². The van der Waals surface area contributed by atoms with Crippen LogP contribution < -0.4 is 4.74 Å². The highest BCUT2D eigenvalue weighted by Gasteiger charge is 2.13. The fraction of sp³-hybridized carbons (Fsp3) is 0.125. The standard InChI is InChI=1S/C16H11ClN4O2/c1-2-22-13-6-10(8-18)5-11(7-13)16-20-15(21-23-16)14-4-3-12(17)9-19-14/h3-7,9H,2H2,1H3. The van der Waals surface area contributed by atoms with Crippen LogP contribution in [0.1, 0.15) is 12.5 Å². The Bertz CT molecular complexity index is 869. The minimum Gasteiger partial charge on any atom is -0.494 e. The number of rotatable bonds is 4. The van der Waals surface area contributed by atoms with E-state index >= 15 is 0 Å². The Morgan fingerprint density at radius 2 is 2.17 bits per heavy atom. The zero-order valence-corrected chi connectivity index (χ0v) is 12.9. The quantitative estimate of drug-likeness (QED) is 0.726. The van der Waals surface area contributed by atoms with Crippen molar-refractivity contribution < 1.29 is 9.26 Å². The van der Waals surface area contributed by atoms with Crippen LogP contribution in [0.15, 0.2) is 41.1 Å². The van der Waals surface area contributed by atoms with Crippen molar-refractivity contribution in [2.75, 3.05) is 6.61 Å². The molecular weight excluding hydrogens is 316 g/mol. The molecule has 2 heterocycles. The van der Waals surface area contributed by atoms with E-state index in [4.69, 9.17) is 26.1 Å². The first-order valence-electron chi connectivity index (χ1n) is 6.83. The number of hydrogen-bond acceptors (Lipinski definition) is 6. The largest absolute Gasteiger partial charge is 0.494 e. The van der Waals surface area contributed by atoms with Gasteiger partial charge in [0.25, 0.3) is 5.89 Å². The van der Waals surface area contributed by atoms with E-state index in [2.05, 4.69) is 21.2 Å². The maximum Gasteiger partial charge on any atom is 0.258 e. The molecule has 7 heteroatoms. The number of pyridine rings is 1. The maximum atomic E-state index is 9.12. The molecule has 0 aliphatic rings. The van der Waals surface area contributed by atoms with E-state index < -0.39 is 0 Å². The molecule has 0 N–H and O–H groups in total. The van der Waals surface area contributed by atoms with Crippen LogP contribution >= 0.6 is 11.6 Å². The predicted molar refractivity (Wildman–Crippen MR) is 83.9 cm³/mol. The summed E-state index contributed by atoms with van der Waals surface area (Å²) in [5.41, 5.74) is 1.61. The smallest absolute Gasteiger partial charge is 0.258 e. The van der Waals surface area contributed by atoms with Gasteiger partial charge >= 0.3 is 0 Å². The lowest BCUT2D eigenvalue weighted by molar-refractivity contribution is 0.340. The second-order valence-corrected chi connectivity index (χ2v) is 5.01. The molecule has 0 spiro atoms. The van der Waals surface area contributed by atoms with Gasteiger partial charge in [-0.25, -0.2) is 0 Å². The number of halogens is 1. The molecule has 3 aromatic rings. The Balaban J connectivity index is 1.98. The van der Waals surface area contributed by atoms with Gasteiger partial charge in [-0.05, 0) is 37.3 Å². The Morgan fingerprint density at radius 3 is 2.87 bits per heavy atom. The molecule has 0 aliphatic carbocycles. The average molecular weight is 327 g/mol. The molecule has 2 aromatic heterocycles. The predicted octanol–water partition coefficient (Wildman–Crippen LogP) is 3.72. The molecule has 3 rings (SSSR count). The van der Waals surface area contributed by atoms with E-state index in [-0.39, 0.29) is 5.89 Å². The summed E-state index contributed by atoms with van der Waals surface area (Å²) in [7, 11) is 0. The number of nitrogens with zero attached hydrogens (tertiary/aromatic N) is 4. The third-order valence-corrected chi connectivity index (χ3v) is 3.20. The summed E-state index contributed by atoms with van der Waals surface area (Å²) in [5, 5.41) is 13.6. The van der Waals surface area contributed by atoms with Gasteiger partial charge in [0.2, 0.25) is 5.82 Å². The highest BCUT2D eigenvalue weighted by Crippen LogP contribution is 2.26. The number of benzene rings is 1.